The van der Waals surface area contributed by atoms with Gasteiger partial charge < -0.3 is 19.3 Å². The van der Waals surface area contributed by atoms with Gasteiger partial charge in [-0.3, -0.25) is 9.52 Å². The molecule has 0 aliphatic carbocycles. The van der Waals surface area contributed by atoms with Crippen molar-refractivity contribution in [2.24, 2.45) is 0 Å². The van der Waals surface area contributed by atoms with Gasteiger partial charge >= 0.3 is 0 Å². The number of piperazine rings is 1. The van der Waals surface area contributed by atoms with Crippen LogP contribution in [-0.4, -0.2) is 64.6 Å². The molecular weight excluding hydrogens is 468 g/mol. The van der Waals surface area contributed by atoms with Crippen LogP contribution in [0.4, 0.5) is 11.5 Å². The second-order valence-electron chi connectivity index (χ2n) is 8.18. The number of methoxy groups -OCH3 is 2. The number of nitrogens with zero attached hydrogens (tertiary/aromatic N) is 3. The molecule has 1 aliphatic rings. The number of nitrogens with one attached hydrogen (secondary N) is 1. The summed E-state index contributed by atoms with van der Waals surface area (Å²) in [5, 5.41) is 0. The SMILES string of the molecule is COc1ccc(C(=O)N2CCN(c3ccc(NS(=O)(=O)c4cccc(C)c4)cn3)CC2)cc1OC. The van der Waals surface area contributed by atoms with Crippen molar-refractivity contribution in [2.45, 2.75) is 11.8 Å². The van der Waals surface area contributed by atoms with E-state index in [1.54, 1.807) is 60.5 Å². The summed E-state index contributed by atoms with van der Waals surface area (Å²) in [4.78, 5) is 21.5. The highest BCUT2D eigenvalue weighted by molar-refractivity contribution is 7.92. The maximum Gasteiger partial charge on any atom is 0.261 e. The summed E-state index contributed by atoms with van der Waals surface area (Å²) in [5.74, 6) is 1.74. The molecule has 1 aromatic heterocycles. The Morgan fingerprint density at radius 2 is 1.69 bits per heavy atom. The molecule has 0 spiro atoms. The van der Waals surface area contributed by atoms with Gasteiger partial charge in [0.2, 0.25) is 0 Å². The number of pyridine rings is 1. The number of hydrogen-bond acceptors (Lipinski definition) is 7. The highest BCUT2D eigenvalue weighted by Crippen LogP contribution is 2.28. The van der Waals surface area contributed by atoms with Crippen LogP contribution in [0.25, 0.3) is 0 Å². The van der Waals surface area contributed by atoms with E-state index in [1.807, 2.05) is 13.0 Å². The molecule has 1 N–H and O–H groups in total. The summed E-state index contributed by atoms with van der Waals surface area (Å²) in [7, 11) is -0.599. The van der Waals surface area contributed by atoms with Crippen LogP contribution in [-0.2, 0) is 10.0 Å². The highest BCUT2D eigenvalue weighted by Gasteiger charge is 2.24. The zero-order chi connectivity index (χ0) is 25.0. The van der Waals surface area contributed by atoms with Gasteiger partial charge in [-0.1, -0.05) is 12.1 Å². The number of aromatic nitrogens is 1. The van der Waals surface area contributed by atoms with Crippen molar-refractivity contribution in [1.29, 1.82) is 0 Å². The van der Waals surface area contributed by atoms with Crippen molar-refractivity contribution in [1.82, 2.24) is 9.88 Å². The molecule has 35 heavy (non-hydrogen) atoms. The molecule has 2 heterocycles. The molecule has 0 unspecified atom stereocenters. The van der Waals surface area contributed by atoms with Gasteiger partial charge in [-0.25, -0.2) is 13.4 Å². The summed E-state index contributed by atoms with van der Waals surface area (Å²) in [5.41, 5.74) is 1.79. The summed E-state index contributed by atoms with van der Waals surface area (Å²) < 4.78 is 38.4. The van der Waals surface area contributed by atoms with Gasteiger partial charge in [0.1, 0.15) is 5.82 Å². The highest BCUT2D eigenvalue weighted by atomic mass is 32.2. The molecule has 0 saturated carbocycles. The molecule has 1 saturated heterocycles. The van der Waals surface area contributed by atoms with Crippen molar-refractivity contribution in [3.63, 3.8) is 0 Å². The van der Waals surface area contributed by atoms with Crippen molar-refractivity contribution >= 4 is 27.4 Å². The maximum absolute atomic E-state index is 13.0. The van der Waals surface area contributed by atoms with Gasteiger partial charge in [0.05, 0.1) is 31.0 Å². The lowest BCUT2D eigenvalue weighted by atomic mass is 10.1. The van der Waals surface area contributed by atoms with Crippen LogP contribution in [0.5, 0.6) is 11.5 Å². The van der Waals surface area contributed by atoms with Crippen molar-refractivity contribution in [2.75, 3.05) is 50.0 Å². The van der Waals surface area contributed by atoms with Crippen molar-refractivity contribution in [3.05, 3.63) is 71.9 Å². The minimum Gasteiger partial charge on any atom is -0.493 e. The minimum absolute atomic E-state index is 0.0699. The number of hydrogen-bond donors (Lipinski definition) is 1. The number of aryl methyl sites for hydroxylation is 1. The van der Waals surface area contributed by atoms with Gasteiger partial charge in [-0.05, 0) is 55.0 Å². The van der Waals surface area contributed by atoms with E-state index in [0.29, 0.717) is 48.9 Å². The Balaban J connectivity index is 1.37. The fourth-order valence-corrected chi connectivity index (χ4v) is 5.07. The molecular formula is C25H28N4O5S. The normalized spacial score (nSPS) is 13.9. The number of benzene rings is 2. The fraction of sp³-hybridized carbons (Fsp3) is 0.280. The van der Waals surface area contributed by atoms with Gasteiger partial charge in [0.25, 0.3) is 15.9 Å². The zero-order valence-electron chi connectivity index (χ0n) is 19.9. The number of carbonyl (C=O) groups excluding carboxylic acids is 1. The molecule has 184 valence electrons. The minimum atomic E-state index is -3.69. The molecule has 1 aliphatic heterocycles. The average Bonchev–Trinajstić information content (AvgIpc) is 2.88. The third kappa shape index (κ3) is 5.48. The average molecular weight is 497 g/mol. The van der Waals surface area contributed by atoms with E-state index < -0.39 is 10.0 Å². The first kappa shape index (κ1) is 24.3. The van der Waals surface area contributed by atoms with Crippen molar-refractivity contribution in [3.8, 4) is 11.5 Å². The summed E-state index contributed by atoms with van der Waals surface area (Å²) in [6, 6.07) is 15.3. The number of rotatable bonds is 7. The summed E-state index contributed by atoms with van der Waals surface area (Å²) >= 11 is 0. The van der Waals surface area contributed by atoms with E-state index >= 15 is 0 Å². The molecule has 3 aromatic rings. The Hall–Kier alpha value is -3.79. The Bertz CT molecular complexity index is 1300. The molecule has 10 heteroatoms. The van der Waals surface area contributed by atoms with E-state index in [1.165, 1.54) is 13.3 Å². The van der Waals surface area contributed by atoms with E-state index in [-0.39, 0.29) is 10.8 Å². The van der Waals surface area contributed by atoms with Crippen molar-refractivity contribution < 1.29 is 22.7 Å². The molecule has 0 bridgehead atoms. The standard InChI is InChI=1S/C25H28N4O5S/c1-18-5-4-6-21(15-18)35(31,32)27-20-8-10-24(26-17-20)28-11-13-29(14-12-28)25(30)19-7-9-22(33-2)23(16-19)34-3/h4-10,15-17,27H,11-14H2,1-3H3. The molecule has 1 fully saturated rings. The van der Waals surface area contributed by atoms with E-state index in [2.05, 4.69) is 14.6 Å². The Kier molecular flexibility index (Phi) is 7.11. The van der Waals surface area contributed by atoms with Crippen LogP contribution in [0, 0.1) is 6.92 Å². The Morgan fingerprint density at radius 1 is 0.943 bits per heavy atom. The first-order valence-corrected chi connectivity index (χ1v) is 12.6. The van der Waals surface area contributed by atoms with Gasteiger partial charge in [0.15, 0.2) is 11.5 Å². The van der Waals surface area contributed by atoms with Gasteiger partial charge in [-0.15, -0.1) is 0 Å². The lowest BCUT2D eigenvalue weighted by Gasteiger charge is -2.35. The van der Waals surface area contributed by atoms with E-state index in [4.69, 9.17) is 9.47 Å². The molecule has 4 rings (SSSR count). The predicted molar refractivity (Wildman–Crippen MR) is 134 cm³/mol. The van der Waals surface area contributed by atoms with Crippen LogP contribution in [0.2, 0.25) is 0 Å². The molecule has 9 nitrogen and oxygen atoms in total. The molecule has 1 amide bonds. The smallest absolute Gasteiger partial charge is 0.261 e. The second kappa shape index (κ2) is 10.2. The van der Waals surface area contributed by atoms with Crippen LogP contribution in [0.1, 0.15) is 15.9 Å². The second-order valence-corrected chi connectivity index (χ2v) is 9.86. The van der Waals surface area contributed by atoms with E-state index in [9.17, 15) is 13.2 Å². The fourth-order valence-electron chi connectivity index (χ4n) is 3.92. The number of anilines is 2. The molecule has 0 radical (unpaired) electrons. The number of amides is 1. The number of carbonyl (C=O) groups is 1. The third-order valence-corrected chi connectivity index (χ3v) is 7.20. The topological polar surface area (TPSA) is 101 Å². The monoisotopic (exact) mass is 496 g/mol. The van der Waals surface area contributed by atoms with Gasteiger partial charge in [-0.2, -0.15) is 0 Å². The number of ether oxygens (including phenoxy) is 2. The number of sulfonamides is 1. The summed E-state index contributed by atoms with van der Waals surface area (Å²) in [6.45, 7) is 4.14. The maximum atomic E-state index is 13.0. The largest absolute Gasteiger partial charge is 0.493 e. The van der Waals surface area contributed by atoms with Gasteiger partial charge in [0, 0.05) is 31.7 Å². The lowest BCUT2D eigenvalue weighted by Crippen LogP contribution is -2.49. The Labute approximate surface area is 205 Å². The van der Waals surface area contributed by atoms with Crippen LogP contribution < -0.4 is 19.1 Å². The Morgan fingerprint density at radius 3 is 2.31 bits per heavy atom. The van der Waals surface area contributed by atoms with Crippen LogP contribution >= 0.6 is 0 Å². The first-order chi connectivity index (χ1) is 16.8. The quantitative estimate of drug-likeness (QED) is 0.536. The van der Waals surface area contributed by atoms with E-state index in [0.717, 1.165) is 11.4 Å². The van der Waals surface area contributed by atoms with Crippen LogP contribution in [0.15, 0.2) is 65.7 Å². The third-order valence-electron chi connectivity index (χ3n) is 5.82. The predicted octanol–water partition coefficient (Wildman–Crippen LogP) is 3.17. The molecule has 0 atom stereocenters. The zero-order valence-corrected chi connectivity index (χ0v) is 20.7. The lowest BCUT2D eigenvalue weighted by molar-refractivity contribution is 0.0746. The van der Waals surface area contributed by atoms with Crippen LogP contribution in [0.3, 0.4) is 0 Å². The first-order valence-electron chi connectivity index (χ1n) is 11.1. The summed E-state index contributed by atoms with van der Waals surface area (Å²) in [6.07, 6.45) is 1.50. The molecule has 2 aromatic carbocycles.